The summed E-state index contributed by atoms with van der Waals surface area (Å²) in [6, 6.07) is 10.7. The van der Waals surface area contributed by atoms with Gasteiger partial charge < -0.3 is 5.32 Å². The van der Waals surface area contributed by atoms with Crippen LogP contribution in [0.3, 0.4) is 0 Å². The van der Waals surface area contributed by atoms with Gasteiger partial charge in [0.25, 0.3) is 0 Å². The normalized spacial score (nSPS) is 22.9. The Kier molecular flexibility index (Phi) is 5.12. The number of hydrogen-bond donors (Lipinski definition) is 1. The van der Waals surface area contributed by atoms with Crippen molar-refractivity contribution >= 4 is 17.7 Å². The first kappa shape index (κ1) is 13.5. The van der Waals surface area contributed by atoms with Crippen LogP contribution in [-0.2, 0) is 4.79 Å². The molecule has 3 heteroatoms. The molecule has 0 aromatic heterocycles. The van der Waals surface area contributed by atoms with E-state index in [-0.39, 0.29) is 5.91 Å². The van der Waals surface area contributed by atoms with Crippen LogP contribution in [0.15, 0.2) is 35.2 Å². The first-order valence-corrected chi connectivity index (χ1v) is 7.70. The molecule has 0 saturated heterocycles. The van der Waals surface area contributed by atoms with Crippen LogP contribution < -0.4 is 5.32 Å². The van der Waals surface area contributed by atoms with Crippen LogP contribution >= 0.6 is 11.8 Å². The number of rotatable bonds is 5. The van der Waals surface area contributed by atoms with Gasteiger partial charge in [-0.15, -0.1) is 11.8 Å². The zero-order valence-electron chi connectivity index (χ0n) is 10.9. The fourth-order valence-corrected chi connectivity index (χ4v) is 3.29. The van der Waals surface area contributed by atoms with Gasteiger partial charge in [0, 0.05) is 23.1 Å². The third-order valence-corrected chi connectivity index (χ3v) is 4.41. The molecule has 1 N–H and O–H groups in total. The summed E-state index contributed by atoms with van der Waals surface area (Å²) in [5, 5.41) is 3.14. The molecule has 2 rings (SSSR count). The fraction of sp³-hybridized carbons (Fsp3) is 0.533. The molecular formula is C15H21NOS. The molecule has 0 spiro atoms. The molecule has 0 bridgehead atoms. The predicted molar refractivity (Wildman–Crippen MR) is 76.7 cm³/mol. The summed E-state index contributed by atoms with van der Waals surface area (Å²) in [5.41, 5.74) is 0. The van der Waals surface area contributed by atoms with Crippen molar-refractivity contribution in [2.24, 2.45) is 5.92 Å². The van der Waals surface area contributed by atoms with Gasteiger partial charge in [-0.1, -0.05) is 25.1 Å². The molecular weight excluding hydrogens is 242 g/mol. The largest absolute Gasteiger partial charge is 0.353 e. The van der Waals surface area contributed by atoms with Crippen molar-refractivity contribution < 1.29 is 4.79 Å². The van der Waals surface area contributed by atoms with E-state index in [2.05, 4.69) is 24.4 Å². The highest BCUT2D eigenvalue weighted by atomic mass is 32.2. The lowest BCUT2D eigenvalue weighted by molar-refractivity contribution is -0.121. The van der Waals surface area contributed by atoms with Crippen LogP contribution in [0.1, 0.15) is 32.6 Å². The van der Waals surface area contributed by atoms with E-state index in [4.69, 9.17) is 0 Å². The van der Waals surface area contributed by atoms with Gasteiger partial charge in [0.1, 0.15) is 0 Å². The number of thioether (sulfide) groups is 1. The summed E-state index contributed by atoms with van der Waals surface area (Å²) < 4.78 is 0. The summed E-state index contributed by atoms with van der Waals surface area (Å²) in [6.45, 7) is 2.26. The molecule has 2 unspecified atom stereocenters. The van der Waals surface area contributed by atoms with E-state index in [1.165, 1.54) is 11.3 Å². The third-order valence-electron chi connectivity index (χ3n) is 3.40. The van der Waals surface area contributed by atoms with E-state index in [1.54, 1.807) is 11.8 Å². The lowest BCUT2D eigenvalue weighted by atomic mass is 10.1. The SMILES string of the molecule is CC1CCC(NC(=O)CCSc2ccccc2)C1. The molecule has 2 atom stereocenters. The van der Waals surface area contributed by atoms with Crippen LogP contribution in [0, 0.1) is 5.92 Å². The molecule has 18 heavy (non-hydrogen) atoms. The summed E-state index contributed by atoms with van der Waals surface area (Å²) >= 11 is 1.75. The minimum Gasteiger partial charge on any atom is -0.353 e. The predicted octanol–water partition coefficient (Wildman–Crippen LogP) is 3.47. The molecule has 0 radical (unpaired) electrons. The Morgan fingerprint density at radius 3 is 2.78 bits per heavy atom. The topological polar surface area (TPSA) is 29.1 Å². The average Bonchev–Trinajstić information content (AvgIpc) is 2.76. The van der Waals surface area contributed by atoms with Gasteiger partial charge in [-0.2, -0.15) is 0 Å². The van der Waals surface area contributed by atoms with Gasteiger partial charge in [-0.05, 0) is 37.3 Å². The summed E-state index contributed by atoms with van der Waals surface area (Å²) in [4.78, 5) is 13.0. The number of benzene rings is 1. The van der Waals surface area contributed by atoms with Gasteiger partial charge in [0.05, 0.1) is 0 Å². The van der Waals surface area contributed by atoms with Gasteiger partial charge in [0.15, 0.2) is 0 Å². The Balaban J connectivity index is 1.63. The second kappa shape index (κ2) is 6.83. The van der Waals surface area contributed by atoms with Crippen molar-refractivity contribution in [1.82, 2.24) is 5.32 Å². The number of carbonyl (C=O) groups is 1. The van der Waals surface area contributed by atoms with Crippen LogP contribution in [0.5, 0.6) is 0 Å². The Hall–Kier alpha value is -0.960. The van der Waals surface area contributed by atoms with Gasteiger partial charge in [-0.25, -0.2) is 0 Å². The highest BCUT2D eigenvalue weighted by molar-refractivity contribution is 7.99. The van der Waals surface area contributed by atoms with Crippen LogP contribution in [0.25, 0.3) is 0 Å². The summed E-state index contributed by atoms with van der Waals surface area (Å²) in [7, 11) is 0. The molecule has 2 nitrogen and oxygen atoms in total. The van der Waals surface area contributed by atoms with Gasteiger partial charge in [0.2, 0.25) is 5.91 Å². The molecule has 98 valence electrons. The maximum Gasteiger partial charge on any atom is 0.221 e. The number of hydrogen-bond acceptors (Lipinski definition) is 2. The fourth-order valence-electron chi connectivity index (χ4n) is 2.42. The molecule has 1 aliphatic carbocycles. The molecule has 0 heterocycles. The molecule has 1 saturated carbocycles. The smallest absolute Gasteiger partial charge is 0.221 e. The molecule has 0 aliphatic heterocycles. The zero-order chi connectivity index (χ0) is 12.8. The van der Waals surface area contributed by atoms with E-state index in [0.717, 1.165) is 24.5 Å². The van der Waals surface area contributed by atoms with Crippen molar-refractivity contribution in [2.45, 2.75) is 43.5 Å². The maximum atomic E-state index is 11.8. The first-order valence-electron chi connectivity index (χ1n) is 6.71. The van der Waals surface area contributed by atoms with Crippen molar-refractivity contribution in [3.63, 3.8) is 0 Å². The van der Waals surface area contributed by atoms with Crippen LogP contribution in [0.2, 0.25) is 0 Å². The van der Waals surface area contributed by atoms with Gasteiger partial charge in [-0.3, -0.25) is 4.79 Å². The molecule has 1 fully saturated rings. The van der Waals surface area contributed by atoms with E-state index < -0.39 is 0 Å². The Bertz CT molecular complexity index is 379. The number of nitrogens with one attached hydrogen (secondary N) is 1. The van der Waals surface area contributed by atoms with Crippen molar-refractivity contribution in [1.29, 1.82) is 0 Å². The first-order chi connectivity index (χ1) is 8.74. The highest BCUT2D eigenvalue weighted by Crippen LogP contribution is 2.24. The molecule has 1 aromatic rings. The Morgan fingerprint density at radius 2 is 2.11 bits per heavy atom. The van der Waals surface area contributed by atoms with E-state index in [9.17, 15) is 4.79 Å². The second-order valence-corrected chi connectivity index (χ2v) is 6.26. The minimum atomic E-state index is 0.206. The van der Waals surface area contributed by atoms with Crippen molar-refractivity contribution in [2.75, 3.05) is 5.75 Å². The van der Waals surface area contributed by atoms with Crippen LogP contribution in [-0.4, -0.2) is 17.7 Å². The third kappa shape index (κ3) is 4.37. The second-order valence-electron chi connectivity index (χ2n) is 5.09. The highest BCUT2D eigenvalue weighted by Gasteiger charge is 2.22. The number of amides is 1. The maximum absolute atomic E-state index is 11.8. The zero-order valence-corrected chi connectivity index (χ0v) is 11.7. The summed E-state index contributed by atoms with van der Waals surface area (Å²) in [6.07, 6.45) is 4.17. The van der Waals surface area contributed by atoms with E-state index in [0.29, 0.717) is 12.5 Å². The quantitative estimate of drug-likeness (QED) is 0.824. The number of carbonyl (C=O) groups excluding carboxylic acids is 1. The Morgan fingerprint density at radius 1 is 1.33 bits per heavy atom. The lowest BCUT2D eigenvalue weighted by Gasteiger charge is -2.12. The van der Waals surface area contributed by atoms with E-state index in [1.807, 2.05) is 18.2 Å². The standard InChI is InChI=1S/C15H21NOS/c1-12-7-8-13(11-12)16-15(17)9-10-18-14-5-3-2-4-6-14/h2-6,12-13H,7-11H2,1H3,(H,16,17). The summed E-state index contributed by atoms with van der Waals surface area (Å²) in [5.74, 6) is 1.84. The minimum absolute atomic E-state index is 0.206. The average molecular weight is 263 g/mol. The lowest BCUT2D eigenvalue weighted by Crippen LogP contribution is -2.33. The molecule has 1 aliphatic rings. The monoisotopic (exact) mass is 263 g/mol. The molecule has 1 aromatic carbocycles. The Labute approximate surface area is 114 Å². The van der Waals surface area contributed by atoms with E-state index >= 15 is 0 Å². The van der Waals surface area contributed by atoms with Crippen LogP contribution in [0.4, 0.5) is 0 Å². The van der Waals surface area contributed by atoms with Gasteiger partial charge >= 0.3 is 0 Å². The molecule has 1 amide bonds. The van der Waals surface area contributed by atoms with Crippen molar-refractivity contribution in [3.05, 3.63) is 30.3 Å². The van der Waals surface area contributed by atoms with Crippen molar-refractivity contribution in [3.8, 4) is 0 Å².